The van der Waals surface area contributed by atoms with Gasteiger partial charge < -0.3 is 9.72 Å². The molecule has 0 bridgehead atoms. The van der Waals surface area contributed by atoms with E-state index in [-0.39, 0.29) is 12.0 Å². The number of aromatic amines is 1. The van der Waals surface area contributed by atoms with Gasteiger partial charge >= 0.3 is 5.97 Å². The van der Waals surface area contributed by atoms with Crippen molar-refractivity contribution in [2.24, 2.45) is 0 Å². The van der Waals surface area contributed by atoms with Crippen LogP contribution in [0.15, 0.2) is 42.5 Å². The van der Waals surface area contributed by atoms with E-state index in [2.05, 4.69) is 16.4 Å². The molecule has 3 aromatic rings. The summed E-state index contributed by atoms with van der Waals surface area (Å²) in [5.41, 5.74) is 3.97. The van der Waals surface area contributed by atoms with Gasteiger partial charge in [0.2, 0.25) is 0 Å². The lowest BCUT2D eigenvalue weighted by Gasteiger charge is -2.30. The third-order valence-electron chi connectivity index (χ3n) is 4.69. The number of esters is 1. The molecule has 1 aliphatic rings. The number of halogens is 2. The highest BCUT2D eigenvalue weighted by Gasteiger charge is 2.35. The van der Waals surface area contributed by atoms with Crippen molar-refractivity contribution < 1.29 is 9.53 Å². The summed E-state index contributed by atoms with van der Waals surface area (Å²) in [7, 11) is 1.40. The summed E-state index contributed by atoms with van der Waals surface area (Å²) >= 11 is 12.7. The monoisotopic (exact) mass is 374 g/mol. The number of fused-ring (bicyclic) bond motifs is 3. The van der Waals surface area contributed by atoms with Crippen LogP contribution >= 0.6 is 23.2 Å². The molecule has 0 spiro atoms. The van der Waals surface area contributed by atoms with E-state index in [1.165, 1.54) is 7.11 Å². The molecular formula is C19H16Cl2N2O2. The van der Waals surface area contributed by atoms with Crippen LogP contribution in [0.5, 0.6) is 0 Å². The van der Waals surface area contributed by atoms with Crippen molar-refractivity contribution in [3.63, 3.8) is 0 Å². The first-order valence-corrected chi connectivity index (χ1v) is 8.73. The van der Waals surface area contributed by atoms with Crippen LogP contribution in [0, 0.1) is 0 Å². The predicted octanol–water partition coefficient (Wildman–Crippen LogP) is 4.25. The van der Waals surface area contributed by atoms with Crippen molar-refractivity contribution in [2.45, 2.75) is 18.5 Å². The Morgan fingerprint density at radius 2 is 1.96 bits per heavy atom. The molecule has 1 aliphatic heterocycles. The van der Waals surface area contributed by atoms with Crippen molar-refractivity contribution in [2.75, 3.05) is 7.11 Å². The maximum absolute atomic E-state index is 12.2. The number of nitrogens with one attached hydrogen (secondary N) is 2. The Morgan fingerprint density at radius 3 is 2.76 bits per heavy atom. The number of carbonyl (C=O) groups excluding carboxylic acids is 1. The van der Waals surface area contributed by atoms with E-state index in [9.17, 15) is 4.79 Å². The summed E-state index contributed by atoms with van der Waals surface area (Å²) in [6.07, 6.45) is 0.556. The number of rotatable bonds is 2. The van der Waals surface area contributed by atoms with Gasteiger partial charge in [0.15, 0.2) is 0 Å². The van der Waals surface area contributed by atoms with Crippen LogP contribution in [-0.4, -0.2) is 24.1 Å². The third-order valence-corrected chi connectivity index (χ3v) is 5.52. The molecule has 2 heterocycles. The molecule has 0 fully saturated rings. The summed E-state index contributed by atoms with van der Waals surface area (Å²) < 4.78 is 4.96. The van der Waals surface area contributed by atoms with Crippen LogP contribution in [0.2, 0.25) is 10.0 Å². The standard InChI is InChI=1S/C19H16Cl2N2O2/c1-25-19(24)15-9-12-10-5-2-3-8-14(10)22-18(12)17(23-15)11-6-4-7-13(20)16(11)21/h2-8,15,17,22-23H,9H2,1H3/t15-,17+/m0/s1. The molecule has 0 amide bonds. The van der Waals surface area contributed by atoms with Gasteiger partial charge in [-0.05, 0) is 23.3 Å². The summed E-state index contributed by atoms with van der Waals surface area (Å²) in [6, 6.07) is 12.9. The van der Waals surface area contributed by atoms with Crippen LogP contribution in [0.25, 0.3) is 10.9 Å². The fourth-order valence-corrected chi connectivity index (χ4v) is 3.93. The van der Waals surface area contributed by atoms with E-state index in [0.717, 1.165) is 27.7 Å². The quantitative estimate of drug-likeness (QED) is 0.659. The highest BCUT2D eigenvalue weighted by Crippen LogP contribution is 2.39. The van der Waals surface area contributed by atoms with Crippen LogP contribution in [0.1, 0.15) is 22.9 Å². The number of para-hydroxylation sites is 1. The zero-order valence-corrected chi connectivity index (χ0v) is 15.0. The topological polar surface area (TPSA) is 54.1 Å². The number of hydrogen-bond acceptors (Lipinski definition) is 3. The number of aromatic nitrogens is 1. The molecule has 2 atom stereocenters. The van der Waals surface area contributed by atoms with Gasteiger partial charge in [-0.2, -0.15) is 0 Å². The molecule has 0 unspecified atom stereocenters. The fraction of sp³-hybridized carbons (Fsp3) is 0.211. The van der Waals surface area contributed by atoms with Gasteiger partial charge in [0.25, 0.3) is 0 Å². The molecule has 0 saturated heterocycles. The molecule has 0 aliphatic carbocycles. The third kappa shape index (κ3) is 2.71. The van der Waals surface area contributed by atoms with E-state index in [0.29, 0.717) is 16.5 Å². The Morgan fingerprint density at radius 1 is 1.16 bits per heavy atom. The normalized spacial score (nSPS) is 19.6. The molecule has 2 aromatic carbocycles. The molecule has 2 N–H and O–H groups in total. The Bertz CT molecular complexity index is 967. The summed E-state index contributed by atoms with van der Waals surface area (Å²) in [5.74, 6) is -0.293. The molecule has 25 heavy (non-hydrogen) atoms. The van der Waals surface area contributed by atoms with Crippen LogP contribution in [-0.2, 0) is 16.0 Å². The van der Waals surface area contributed by atoms with Gasteiger partial charge in [0.1, 0.15) is 6.04 Å². The first-order chi connectivity index (χ1) is 12.1. The first-order valence-electron chi connectivity index (χ1n) is 7.97. The largest absolute Gasteiger partial charge is 0.468 e. The van der Waals surface area contributed by atoms with Crippen molar-refractivity contribution in [1.29, 1.82) is 0 Å². The maximum atomic E-state index is 12.2. The highest BCUT2D eigenvalue weighted by molar-refractivity contribution is 6.42. The maximum Gasteiger partial charge on any atom is 0.323 e. The number of methoxy groups -OCH3 is 1. The minimum atomic E-state index is -0.447. The van der Waals surface area contributed by atoms with Gasteiger partial charge in [-0.3, -0.25) is 10.1 Å². The van der Waals surface area contributed by atoms with E-state index >= 15 is 0 Å². The zero-order chi connectivity index (χ0) is 17.6. The Hall–Kier alpha value is -2.01. The van der Waals surface area contributed by atoms with E-state index in [1.54, 1.807) is 6.07 Å². The van der Waals surface area contributed by atoms with Crippen molar-refractivity contribution in [1.82, 2.24) is 10.3 Å². The van der Waals surface area contributed by atoms with E-state index in [1.807, 2.05) is 30.3 Å². The van der Waals surface area contributed by atoms with E-state index < -0.39 is 6.04 Å². The molecular weight excluding hydrogens is 359 g/mol. The van der Waals surface area contributed by atoms with Crippen LogP contribution in [0.4, 0.5) is 0 Å². The average molecular weight is 375 g/mol. The van der Waals surface area contributed by atoms with Gasteiger partial charge in [0, 0.05) is 23.0 Å². The lowest BCUT2D eigenvalue weighted by molar-refractivity contribution is -0.143. The van der Waals surface area contributed by atoms with Gasteiger partial charge in [-0.15, -0.1) is 0 Å². The predicted molar refractivity (Wildman–Crippen MR) is 99.2 cm³/mol. The van der Waals surface area contributed by atoms with E-state index in [4.69, 9.17) is 27.9 Å². The minimum absolute atomic E-state index is 0.272. The number of ether oxygens (including phenoxy) is 1. The van der Waals surface area contributed by atoms with Gasteiger partial charge in [-0.1, -0.05) is 53.5 Å². The zero-order valence-electron chi connectivity index (χ0n) is 13.5. The summed E-state index contributed by atoms with van der Waals surface area (Å²) in [4.78, 5) is 15.7. The molecule has 4 rings (SSSR count). The number of hydrogen-bond donors (Lipinski definition) is 2. The van der Waals surface area contributed by atoms with Crippen molar-refractivity contribution in [3.05, 3.63) is 69.3 Å². The highest BCUT2D eigenvalue weighted by atomic mass is 35.5. The smallest absolute Gasteiger partial charge is 0.323 e. The molecule has 128 valence electrons. The fourth-order valence-electron chi connectivity index (χ4n) is 3.52. The lowest BCUT2D eigenvalue weighted by atomic mass is 9.90. The SMILES string of the molecule is COC(=O)[C@@H]1Cc2c([nH]c3ccccc23)[C@@H](c2cccc(Cl)c2Cl)N1. The second kappa shape index (κ2) is 6.37. The number of carbonyl (C=O) groups is 1. The molecule has 4 nitrogen and oxygen atoms in total. The second-order valence-corrected chi connectivity index (χ2v) is 6.87. The average Bonchev–Trinajstić information content (AvgIpc) is 3.01. The molecule has 0 radical (unpaired) electrons. The molecule has 1 aromatic heterocycles. The number of benzene rings is 2. The first kappa shape index (κ1) is 16.5. The Kier molecular flexibility index (Phi) is 4.20. The lowest BCUT2D eigenvalue weighted by Crippen LogP contribution is -2.45. The molecule has 6 heteroatoms. The number of H-pyrrole nitrogens is 1. The van der Waals surface area contributed by atoms with Gasteiger partial charge in [0.05, 0.1) is 23.2 Å². The minimum Gasteiger partial charge on any atom is -0.468 e. The summed E-state index contributed by atoms with van der Waals surface area (Å²) in [5, 5.41) is 5.43. The van der Waals surface area contributed by atoms with Crippen LogP contribution < -0.4 is 5.32 Å². The van der Waals surface area contributed by atoms with Crippen LogP contribution in [0.3, 0.4) is 0 Å². The van der Waals surface area contributed by atoms with Gasteiger partial charge in [-0.25, -0.2) is 0 Å². The van der Waals surface area contributed by atoms with Crippen molar-refractivity contribution >= 4 is 40.1 Å². The Balaban J connectivity index is 1.92. The second-order valence-electron chi connectivity index (χ2n) is 6.09. The van der Waals surface area contributed by atoms with Crippen molar-refractivity contribution in [3.8, 4) is 0 Å². The molecule has 0 saturated carbocycles. The summed E-state index contributed by atoms with van der Waals surface area (Å²) in [6.45, 7) is 0. The Labute approximate surface area is 155 Å².